The van der Waals surface area contributed by atoms with Crippen molar-refractivity contribution >= 4 is 27.9 Å². The summed E-state index contributed by atoms with van der Waals surface area (Å²) in [6.45, 7) is 8.00. The minimum Gasteiger partial charge on any atom is -0.323 e. The zero-order valence-corrected chi connectivity index (χ0v) is 11.9. The molecule has 0 saturated heterocycles. The van der Waals surface area contributed by atoms with Crippen LogP contribution in [0.2, 0.25) is 0 Å². The molecule has 0 saturated carbocycles. The highest BCUT2D eigenvalue weighted by Gasteiger charge is 1.98. The fraction of sp³-hybridized carbons (Fsp3) is 0.333. The molecule has 0 heterocycles. The van der Waals surface area contributed by atoms with Gasteiger partial charge in [0.15, 0.2) is 0 Å². The van der Waals surface area contributed by atoms with Gasteiger partial charge < -0.3 is 11.3 Å². The highest BCUT2D eigenvalue weighted by atomic mass is 79.9. The van der Waals surface area contributed by atoms with E-state index in [9.17, 15) is 0 Å². The average Bonchev–Trinajstić information content (AvgIpc) is 2.36. The van der Waals surface area contributed by atoms with Crippen molar-refractivity contribution in [2.24, 2.45) is 10.9 Å². The van der Waals surface area contributed by atoms with Crippen LogP contribution in [0.4, 0.5) is 0 Å². The topological polar surface area (TPSA) is 62.2 Å². The van der Waals surface area contributed by atoms with Gasteiger partial charge in [-0.1, -0.05) is 55.8 Å². The van der Waals surface area contributed by atoms with Gasteiger partial charge in [-0.3, -0.25) is 0 Å². The third-order valence-corrected chi connectivity index (χ3v) is 1.89. The van der Waals surface area contributed by atoms with E-state index in [2.05, 4.69) is 21.0 Å². The fourth-order valence-corrected chi connectivity index (χ4v) is 1.24. The van der Waals surface area contributed by atoms with Crippen LogP contribution < -0.4 is 5.84 Å². The molecule has 0 aliphatic heterocycles. The van der Waals surface area contributed by atoms with Crippen LogP contribution in [-0.2, 0) is 0 Å². The maximum absolute atomic E-state index is 7.02. The summed E-state index contributed by atoms with van der Waals surface area (Å²) in [5, 5.41) is 10.5. The predicted molar refractivity (Wildman–Crippen MR) is 76.3 cm³/mol. The standard InChI is InChI=1S/C8H8BrN3.2C2H6/c9-7-3-1-2-6(4-7)8(5-10)12-11;2*1-2/h1-5,10H,11H2;2*1-2H3/b10-5?,12-8+;;. The fourth-order valence-electron chi connectivity index (χ4n) is 0.843. The van der Waals surface area contributed by atoms with Crippen molar-refractivity contribution in [1.29, 1.82) is 5.41 Å². The van der Waals surface area contributed by atoms with Crippen molar-refractivity contribution < 1.29 is 0 Å². The average molecular weight is 286 g/mol. The molecular formula is C12H20BrN3. The molecule has 1 aromatic carbocycles. The van der Waals surface area contributed by atoms with E-state index >= 15 is 0 Å². The van der Waals surface area contributed by atoms with E-state index in [4.69, 9.17) is 11.3 Å². The lowest BCUT2D eigenvalue weighted by Gasteiger charge is -1.98. The van der Waals surface area contributed by atoms with Crippen molar-refractivity contribution in [1.82, 2.24) is 0 Å². The molecule has 1 rings (SSSR count). The number of nitrogens with zero attached hydrogens (tertiary/aromatic N) is 1. The first-order valence-electron chi connectivity index (χ1n) is 5.32. The minimum absolute atomic E-state index is 0.469. The molecule has 0 aromatic heterocycles. The van der Waals surface area contributed by atoms with Crippen molar-refractivity contribution in [3.63, 3.8) is 0 Å². The maximum Gasteiger partial charge on any atom is 0.107 e. The van der Waals surface area contributed by atoms with Gasteiger partial charge in [0.2, 0.25) is 0 Å². The van der Waals surface area contributed by atoms with E-state index in [1.807, 2.05) is 52.0 Å². The normalized spacial score (nSPS) is 9.19. The summed E-state index contributed by atoms with van der Waals surface area (Å²) < 4.78 is 0.947. The van der Waals surface area contributed by atoms with Crippen LogP contribution in [0.5, 0.6) is 0 Å². The predicted octanol–water partition coefficient (Wildman–Crippen LogP) is 3.81. The van der Waals surface area contributed by atoms with Crippen molar-refractivity contribution in [3.8, 4) is 0 Å². The summed E-state index contributed by atoms with van der Waals surface area (Å²) >= 11 is 3.32. The number of rotatable bonds is 2. The lowest BCUT2D eigenvalue weighted by molar-refractivity contribution is 1.25. The van der Waals surface area contributed by atoms with Gasteiger partial charge >= 0.3 is 0 Å². The van der Waals surface area contributed by atoms with Gasteiger partial charge in [0, 0.05) is 16.3 Å². The van der Waals surface area contributed by atoms with Crippen LogP contribution in [-0.4, -0.2) is 11.9 Å². The molecule has 3 N–H and O–H groups in total. The summed E-state index contributed by atoms with van der Waals surface area (Å²) in [6, 6.07) is 7.48. The number of halogens is 1. The monoisotopic (exact) mass is 285 g/mol. The SMILES string of the molecule is CC.CC.N=C/C(=N\N)c1cccc(Br)c1. The van der Waals surface area contributed by atoms with E-state index in [-0.39, 0.29) is 0 Å². The van der Waals surface area contributed by atoms with Gasteiger partial charge in [0.1, 0.15) is 5.71 Å². The van der Waals surface area contributed by atoms with Crippen LogP contribution in [0, 0.1) is 5.41 Å². The van der Waals surface area contributed by atoms with Crippen LogP contribution in [0.1, 0.15) is 33.3 Å². The molecule has 0 unspecified atom stereocenters. The van der Waals surface area contributed by atoms with Crippen molar-refractivity contribution in [2.45, 2.75) is 27.7 Å². The highest BCUT2D eigenvalue weighted by Crippen LogP contribution is 2.11. The Hall–Kier alpha value is -1.16. The number of hydrogen-bond acceptors (Lipinski definition) is 3. The Bertz CT molecular complexity index is 322. The minimum atomic E-state index is 0.469. The molecule has 16 heavy (non-hydrogen) atoms. The molecule has 0 bridgehead atoms. The number of hydrogen-bond donors (Lipinski definition) is 2. The first-order chi connectivity index (χ1) is 7.77. The Morgan fingerprint density at radius 2 is 1.88 bits per heavy atom. The molecule has 0 radical (unpaired) electrons. The quantitative estimate of drug-likeness (QED) is 0.484. The lowest BCUT2D eigenvalue weighted by Crippen LogP contribution is -2.04. The van der Waals surface area contributed by atoms with Gasteiger partial charge in [-0.15, -0.1) is 0 Å². The van der Waals surface area contributed by atoms with Crippen LogP contribution in [0.25, 0.3) is 0 Å². The van der Waals surface area contributed by atoms with Gasteiger partial charge in [-0.25, -0.2) is 0 Å². The Kier molecular flexibility index (Phi) is 12.8. The number of nitrogens with one attached hydrogen (secondary N) is 1. The number of benzene rings is 1. The molecule has 90 valence electrons. The van der Waals surface area contributed by atoms with Crippen molar-refractivity contribution in [3.05, 3.63) is 34.3 Å². The van der Waals surface area contributed by atoms with E-state index in [0.29, 0.717) is 5.71 Å². The second-order valence-corrected chi connectivity index (χ2v) is 3.08. The molecular weight excluding hydrogens is 266 g/mol. The molecule has 0 aliphatic carbocycles. The van der Waals surface area contributed by atoms with E-state index < -0.39 is 0 Å². The Morgan fingerprint density at radius 3 is 2.25 bits per heavy atom. The van der Waals surface area contributed by atoms with Gasteiger partial charge in [-0.2, -0.15) is 5.10 Å². The van der Waals surface area contributed by atoms with Gasteiger partial charge in [0.05, 0.1) is 0 Å². The van der Waals surface area contributed by atoms with Crippen LogP contribution in [0.3, 0.4) is 0 Å². The Balaban J connectivity index is 0. The number of hydrazone groups is 1. The second kappa shape index (κ2) is 11.9. The summed E-state index contributed by atoms with van der Waals surface area (Å²) in [5.41, 5.74) is 1.30. The Labute approximate surface area is 106 Å². The number of nitrogens with two attached hydrogens (primary N) is 1. The maximum atomic E-state index is 7.02. The van der Waals surface area contributed by atoms with E-state index in [1.54, 1.807) is 0 Å². The van der Waals surface area contributed by atoms with E-state index in [0.717, 1.165) is 16.3 Å². The largest absolute Gasteiger partial charge is 0.323 e. The molecule has 0 atom stereocenters. The highest BCUT2D eigenvalue weighted by molar-refractivity contribution is 9.10. The molecule has 4 heteroatoms. The van der Waals surface area contributed by atoms with Crippen molar-refractivity contribution in [2.75, 3.05) is 0 Å². The lowest BCUT2D eigenvalue weighted by atomic mass is 10.1. The van der Waals surface area contributed by atoms with Crippen LogP contribution in [0.15, 0.2) is 33.8 Å². The van der Waals surface area contributed by atoms with Gasteiger partial charge in [0.25, 0.3) is 0 Å². The molecule has 0 amide bonds. The van der Waals surface area contributed by atoms with Gasteiger partial charge in [-0.05, 0) is 12.1 Å². The second-order valence-electron chi connectivity index (χ2n) is 2.17. The Morgan fingerprint density at radius 1 is 1.31 bits per heavy atom. The zero-order valence-electron chi connectivity index (χ0n) is 10.3. The third kappa shape index (κ3) is 6.35. The van der Waals surface area contributed by atoms with Crippen LogP contribution >= 0.6 is 15.9 Å². The molecule has 0 spiro atoms. The molecule has 3 nitrogen and oxygen atoms in total. The molecule has 0 fully saturated rings. The first kappa shape index (κ1) is 17.2. The van der Waals surface area contributed by atoms with E-state index in [1.165, 1.54) is 0 Å². The summed E-state index contributed by atoms with van der Waals surface area (Å²) in [5.74, 6) is 5.09. The summed E-state index contributed by atoms with van der Waals surface area (Å²) in [7, 11) is 0. The smallest absolute Gasteiger partial charge is 0.107 e. The zero-order chi connectivity index (χ0) is 13.0. The molecule has 0 aliphatic rings. The first-order valence-corrected chi connectivity index (χ1v) is 6.11. The third-order valence-electron chi connectivity index (χ3n) is 1.40. The summed E-state index contributed by atoms with van der Waals surface area (Å²) in [4.78, 5) is 0. The summed E-state index contributed by atoms with van der Waals surface area (Å²) in [6.07, 6.45) is 1.13. The molecule has 1 aromatic rings.